The van der Waals surface area contributed by atoms with Crippen LogP contribution in [-0.4, -0.2) is 17.6 Å². The van der Waals surface area contributed by atoms with Crippen LogP contribution in [0.4, 0.5) is 11.4 Å². The van der Waals surface area contributed by atoms with Crippen molar-refractivity contribution in [3.8, 4) is 5.75 Å². The van der Waals surface area contributed by atoms with Gasteiger partial charge in [-0.3, -0.25) is 10.1 Å². The molecule has 5 heteroatoms. The third-order valence-electron chi connectivity index (χ3n) is 5.79. The normalized spacial score (nSPS) is 29.6. The monoisotopic (exact) mass is 340 g/mol. The Labute approximate surface area is 147 Å². The van der Waals surface area contributed by atoms with E-state index in [4.69, 9.17) is 4.74 Å². The van der Waals surface area contributed by atoms with Crippen LogP contribution in [0.3, 0.4) is 0 Å². The van der Waals surface area contributed by atoms with Crippen molar-refractivity contribution in [2.45, 2.75) is 44.6 Å². The lowest BCUT2D eigenvalue weighted by molar-refractivity contribution is -0.384. The molecule has 0 bridgehead atoms. The fraction of sp³-hybridized carbons (Fsp3) is 0.500. The van der Waals surface area contributed by atoms with E-state index < -0.39 is 0 Å². The van der Waals surface area contributed by atoms with Crippen LogP contribution in [0, 0.1) is 22.0 Å². The van der Waals surface area contributed by atoms with Gasteiger partial charge in [0.25, 0.3) is 5.69 Å². The zero-order valence-electron chi connectivity index (χ0n) is 14.5. The van der Waals surface area contributed by atoms with Crippen LogP contribution < -0.4 is 10.1 Å². The Balaban J connectivity index is 1.78. The molecule has 2 aliphatic carbocycles. The molecule has 0 radical (unpaired) electrons. The average molecular weight is 340 g/mol. The number of ether oxygens (including phenoxy) is 1. The molecule has 1 aromatic rings. The Morgan fingerprint density at radius 3 is 2.88 bits per heavy atom. The number of allylic oxidation sites excluding steroid dienone is 4. The van der Waals surface area contributed by atoms with E-state index in [9.17, 15) is 10.1 Å². The molecule has 0 saturated heterocycles. The van der Waals surface area contributed by atoms with E-state index >= 15 is 0 Å². The third-order valence-corrected chi connectivity index (χ3v) is 5.79. The van der Waals surface area contributed by atoms with Crippen LogP contribution in [0.2, 0.25) is 0 Å². The van der Waals surface area contributed by atoms with E-state index in [1.807, 2.05) is 13.0 Å². The van der Waals surface area contributed by atoms with Gasteiger partial charge in [-0.1, -0.05) is 24.3 Å². The van der Waals surface area contributed by atoms with E-state index in [2.05, 4.69) is 29.6 Å². The third kappa shape index (κ3) is 2.81. The first kappa shape index (κ1) is 16.2. The number of hydrogen-bond acceptors (Lipinski definition) is 4. The van der Waals surface area contributed by atoms with Gasteiger partial charge < -0.3 is 10.1 Å². The Bertz CT molecular complexity index is 741. The first-order chi connectivity index (χ1) is 12.2. The number of nitrogens with zero attached hydrogens (tertiary/aromatic N) is 1. The van der Waals surface area contributed by atoms with E-state index in [-0.39, 0.29) is 22.6 Å². The highest BCUT2D eigenvalue weighted by atomic mass is 16.6. The number of hydrogen-bond donors (Lipinski definition) is 1. The second-order valence-electron chi connectivity index (χ2n) is 7.16. The van der Waals surface area contributed by atoms with Gasteiger partial charge in [-0.2, -0.15) is 0 Å². The van der Waals surface area contributed by atoms with Crippen molar-refractivity contribution < 1.29 is 9.66 Å². The summed E-state index contributed by atoms with van der Waals surface area (Å²) in [6.45, 7) is 2.40. The highest BCUT2D eigenvalue weighted by Crippen LogP contribution is 2.51. The molecule has 0 unspecified atom stereocenters. The van der Waals surface area contributed by atoms with E-state index in [1.54, 1.807) is 6.07 Å². The standard InChI is InChI=1S/C20H24N2O3/c1-2-25-14-11-17-15-9-6-10-16(15)19(13-7-4-3-5-8-13)21-20(17)18(12-14)22(23)24/h3-4,6,9,11-13,15-16,19,21H,2,5,7-8,10H2,1H3/t13-,15-,16+,19-/m0/s1. The molecule has 25 heavy (non-hydrogen) atoms. The van der Waals surface area contributed by atoms with Gasteiger partial charge in [0.1, 0.15) is 11.4 Å². The van der Waals surface area contributed by atoms with Crippen LogP contribution in [0.5, 0.6) is 5.75 Å². The summed E-state index contributed by atoms with van der Waals surface area (Å²) in [4.78, 5) is 11.4. The van der Waals surface area contributed by atoms with Crippen molar-refractivity contribution in [3.63, 3.8) is 0 Å². The summed E-state index contributed by atoms with van der Waals surface area (Å²) < 4.78 is 5.59. The van der Waals surface area contributed by atoms with Gasteiger partial charge in [-0.15, -0.1) is 0 Å². The minimum Gasteiger partial charge on any atom is -0.494 e. The van der Waals surface area contributed by atoms with Crippen molar-refractivity contribution in [3.05, 3.63) is 52.1 Å². The summed E-state index contributed by atoms with van der Waals surface area (Å²) in [5, 5.41) is 15.3. The van der Waals surface area contributed by atoms with Gasteiger partial charge in [0.15, 0.2) is 0 Å². The number of benzene rings is 1. The number of nitrogens with one attached hydrogen (secondary N) is 1. The van der Waals surface area contributed by atoms with Gasteiger partial charge in [0.2, 0.25) is 0 Å². The maximum Gasteiger partial charge on any atom is 0.296 e. The maximum absolute atomic E-state index is 11.7. The molecule has 4 atom stereocenters. The Morgan fingerprint density at radius 1 is 1.28 bits per heavy atom. The van der Waals surface area contributed by atoms with Crippen molar-refractivity contribution in [1.29, 1.82) is 0 Å². The summed E-state index contributed by atoms with van der Waals surface area (Å²) >= 11 is 0. The van der Waals surface area contributed by atoms with Gasteiger partial charge in [0.05, 0.1) is 17.6 Å². The fourth-order valence-electron chi connectivity index (χ4n) is 4.70. The topological polar surface area (TPSA) is 64.4 Å². The highest BCUT2D eigenvalue weighted by molar-refractivity contribution is 5.72. The molecule has 1 aromatic carbocycles. The van der Waals surface area contributed by atoms with E-state index in [1.165, 1.54) is 0 Å². The van der Waals surface area contributed by atoms with Crippen LogP contribution in [-0.2, 0) is 0 Å². The molecule has 1 heterocycles. The smallest absolute Gasteiger partial charge is 0.296 e. The number of nitro benzene ring substituents is 1. The molecule has 132 valence electrons. The lowest BCUT2D eigenvalue weighted by Gasteiger charge is -2.41. The predicted molar refractivity (Wildman–Crippen MR) is 98.1 cm³/mol. The summed E-state index contributed by atoms with van der Waals surface area (Å²) in [7, 11) is 0. The molecule has 1 N–H and O–H groups in total. The highest BCUT2D eigenvalue weighted by Gasteiger charge is 2.43. The number of anilines is 1. The minimum absolute atomic E-state index is 0.135. The van der Waals surface area contributed by atoms with Crippen LogP contribution in [0.15, 0.2) is 36.4 Å². The molecule has 0 saturated carbocycles. The molecule has 0 amide bonds. The van der Waals surface area contributed by atoms with E-state index in [0.29, 0.717) is 29.9 Å². The molecule has 0 spiro atoms. The number of rotatable bonds is 4. The number of nitro groups is 1. The first-order valence-corrected chi connectivity index (χ1v) is 9.22. The van der Waals surface area contributed by atoms with Crippen LogP contribution in [0.1, 0.15) is 44.1 Å². The van der Waals surface area contributed by atoms with Gasteiger partial charge in [0, 0.05) is 12.0 Å². The maximum atomic E-state index is 11.7. The Kier molecular flexibility index (Phi) is 4.24. The summed E-state index contributed by atoms with van der Waals surface area (Å²) in [5.74, 6) is 1.84. The fourth-order valence-corrected chi connectivity index (χ4v) is 4.70. The van der Waals surface area contributed by atoms with E-state index in [0.717, 1.165) is 31.2 Å². The van der Waals surface area contributed by atoms with Crippen molar-refractivity contribution >= 4 is 11.4 Å². The van der Waals surface area contributed by atoms with Crippen LogP contribution >= 0.6 is 0 Å². The zero-order valence-corrected chi connectivity index (χ0v) is 14.5. The van der Waals surface area contributed by atoms with Crippen LogP contribution in [0.25, 0.3) is 0 Å². The van der Waals surface area contributed by atoms with Crippen molar-refractivity contribution in [2.75, 3.05) is 11.9 Å². The quantitative estimate of drug-likeness (QED) is 0.485. The van der Waals surface area contributed by atoms with Crippen molar-refractivity contribution in [2.24, 2.45) is 11.8 Å². The van der Waals surface area contributed by atoms with Gasteiger partial charge in [-0.25, -0.2) is 0 Å². The Hall–Kier alpha value is -2.30. The molecule has 5 nitrogen and oxygen atoms in total. The minimum atomic E-state index is -0.287. The second-order valence-corrected chi connectivity index (χ2v) is 7.16. The molecule has 0 aromatic heterocycles. The van der Waals surface area contributed by atoms with Gasteiger partial charge >= 0.3 is 0 Å². The second kappa shape index (κ2) is 6.54. The SMILES string of the molecule is CCOc1cc2c(c([N+](=O)[O-])c1)N[C@@H]([C@H]1CC=CCC1)[C@@H]1CC=C[C@H]21. The molecule has 3 aliphatic rings. The lowest BCUT2D eigenvalue weighted by Crippen LogP contribution is -2.42. The molecular weight excluding hydrogens is 316 g/mol. The lowest BCUT2D eigenvalue weighted by atomic mass is 9.72. The average Bonchev–Trinajstić information content (AvgIpc) is 3.11. The zero-order chi connectivity index (χ0) is 17.4. The molecular formula is C20H24N2O3. The molecule has 1 aliphatic heterocycles. The molecule has 4 rings (SSSR count). The summed E-state index contributed by atoms with van der Waals surface area (Å²) in [6.07, 6.45) is 13.3. The van der Waals surface area contributed by atoms with Crippen molar-refractivity contribution in [1.82, 2.24) is 0 Å². The summed E-state index contributed by atoms with van der Waals surface area (Å²) in [6, 6.07) is 3.84. The first-order valence-electron chi connectivity index (χ1n) is 9.22. The van der Waals surface area contributed by atoms with Gasteiger partial charge in [-0.05, 0) is 56.1 Å². The molecule has 0 fully saturated rings. The Morgan fingerprint density at radius 2 is 2.16 bits per heavy atom. The number of fused-ring (bicyclic) bond motifs is 3. The summed E-state index contributed by atoms with van der Waals surface area (Å²) in [5.41, 5.74) is 1.84. The largest absolute Gasteiger partial charge is 0.494 e. The predicted octanol–water partition coefficient (Wildman–Crippen LogP) is 4.80.